The van der Waals surface area contributed by atoms with Crippen molar-refractivity contribution >= 4 is 29.1 Å². The number of nitrogens with zero attached hydrogens (tertiary/aromatic N) is 4. The van der Waals surface area contributed by atoms with Crippen LogP contribution in [0.2, 0.25) is 0 Å². The molecule has 4 fully saturated rings. The molecule has 2 N–H and O–H groups in total. The zero-order valence-electron chi connectivity index (χ0n) is 34.5. The Morgan fingerprint density at radius 1 is 0.820 bits per heavy atom. The van der Waals surface area contributed by atoms with E-state index in [-0.39, 0.29) is 41.4 Å². The first-order valence-corrected chi connectivity index (χ1v) is 21.7. The number of aromatic hydroxyl groups is 1. The van der Waals surface area contributed by atoms with Crippen molar-refractivity contribution in [2.24, 2.45) is 5.92 Å². The number of aryl methyl sites for hydroxylation is 1. The molecule has 0 bridgehead atoms. The van der Waals surface area contributed by atoms with Crippen LogP contribution in [0.4, 0.5) is 15.8 Å². The van der Waals surface area contributed by atoms with E-state index in [0.29, 0.717) is 36.7 Å². The Hall–Kier alpha value is -5.66. The third-order valence-electron chi connectivity index (χ3n) is 13.2. The number of phenols is 1. The standard InChI is InChI=1S/C33H38FN5O5.C9H10O2.C6H6/c34-25-3-1-2-4-26(25)37-11-9-33(10-12-37)15-21(19-44-33)16-36-13-14-38-22(17-36)20-43-30-24-18-39(28-7-8-29(40)35-31(28)41)32(42)23(24)5-6-27(30)38;10-8-4-3-7-2-1-5-11-9(7)6-8;1-2-4-6-5-3-1/h1-6,21-22,28H,7-20H2,(H,35,40,41);3-4,6,10H,1-2,5H2;1-6H. The van der Waals surface area contributed by atoms with Gasteiger partial charge in [0, 0.05) is 62.9 Å². The highest BCUT2D eigenvalue weighted by atomic mass is 19.1. The summed E-state index contributed by atoms with van der Waals surface area (Å²) in [5.41, 5.74) is 4.24. The molecule has 0 aliphatic carbocycles. The number of benzene rings is 4. The number of nitrogens with one attached hydrogen (secondary N) is 1. The lowest BCUT2D eigenvalue weighted by atomic mass is 9.85. The molecular weight excluding hydrogens is 778 g/mol. The molecule has 3 unspecified atom stereocenters. The summed E-state index contributed by atoms with van der Waals surface area (Å²) in [4.78, 5) is 46.1. The molecule has 13 heteroatoms. The van der Waals surface area contributed by atoms with Crippen LogP contribution in [0.3, 0.4) is 0 Å². The Morgan fingerprint density at radius 2 is 1.61 bits per heavy atom. The van der Waals surface area contributed by atoms with Gasteiger partial charge in [-0.1, -0.05) is 54.6 Å². The molecule has 4 aromatic carbocycles. The molecule has 7 heterocycles. The van der Waals surface area contributed by atoms with E-state index >= 15 is 0 Å². The number of carbonyl (C=O) groups excluding carboxylic acids is 3. The van der Waals surface area contributed by atoms with Crippen molar-refractivity contribution in [1.82, 2.24) is 15.1 Å². The van der Waals surface area contributed by atoms with Crippen LogP contribution in [0.1, 0.15) is 60.0 Å². The predicted molar refractivity (Wildman–Crippen MR) is 229 cm³/mol. The first-order valence-electron chi connectivity index (χ1n) is 21.7. The van der Waals surface area contributed by atoms with Gasteiger partial charge in [-0.15, -0.1) is 0 Å². The highest BCUT2D eigenvalue weighted by Crippen LogP contribution is 2.45. The lowest BCUT2D eigenvalue weighted by Crippen LogP contribution is -2.58. The fraction of sp³-hybridized carbons (Fsp3) is 0.438. The second-order valence-electron chi connectivity index (χ2n) is 17.2. The number of carbonyl (C=O) groups is 3. The quantitative estimate of drug-likeness (QED) is 0.239. The van der Waals surface area contributed by atoms with Crippen molar-refractivity contribution in [3.05, 3.63) is 114 Å². The van der Waals surface area contributed by atoms with Gasteiger partial charge in [0.2, 0.25) is 11.8 Å². The highest BCUT2D eigenvalue weighted by molar-refractivity contribution is 6.06. The molecule has 12 nitrogen and oxygen atoms in total. The van der Waals surface area contributed by atoms with Crippen LogP contribution in [0.25, 0.3) is 0 Å². The molecule has 4 aromatic rings. The van der Waals surface area contributed by atoms with E-state index < -0.39 is 11.9 Å². The largest absolute Gasteiger partial charge is 0.508 e. The topological polar surface area (TPSA) is 124 Å². The number of piperazine rings is 1. The van der Waals surface area contributed by atoms with Crippen molar-refractivity contribution in [3.8, 4) is 17.2 Å². The van der Waals surface area contributed by atoms with Gasteiger partial charge >= 0.3 is 0 Å². The number of rotatable bonds is 4. The van der Waals surface area contributed by atoms with E-state index in [1.807, 2.05) is 66.7 Å². The SMILES string of the molecule is O=C1CCC(N2Cc3c(ccc4c3OCC3CN(CC5COC6(CCN(c7ccccc7F)CC6)C5)CCN43)C2=O)C(=O)N1.Oc1ccc2c(c1)OCCC2.c1ccccc1. The second kappa shape index (κ2) is 17.7. The monoisotopic (exact) mass is 831 g/mol. The Kier molecular flexibility index (Phi) is 11.8. The Labute approximate surface area is 356 Å². The van der Waals surface area contributed by atoms with Gasteiger partial charge in [-0.3, -0.25) is 24.6 Å². The minimum atomic E-state index is -0.638. The van der Waals surface area contributed by atoms with Crippen LogP contribution in [0.5, 0.6) is 17.2 Å². The fourth-order valence-corrected chi connectivity index (χ4v) is 10.1. The van der Waals surface area contributed by atoms with Crippen molar-refractivity contribution in [1.29, 1.82) is 0 Å². The number of imide groups is 1. The Morgan fingerprint density at radius 3 is 2.38 bits per heavy atom. The summed E-state index contributed by atoms with van der Waals surface area (Å²) < 4.78 is 32.5. The minimum absolute atomic E-state index is 0.0966. The van der Waals surface area contributed by atoms with Crippen LogP contribution in [0, 0.1) is 11.7 Å². The zero-order chi connectivity index (χ0) is 41.9. The molecule has 320 valence electrons. The summed E-state index contributed by atoms with van der Waals surface area (Å²) in [6.45, 7) is 7.75. The number of halogens is 1. The highest BCUT2D eigenvalue weighted by Gasteiger charge is 2.45. The van der Waals surface area contributed by atoms with Crippen molar-refractivity contribution in [2.75, 3.05) is 68.9 Å². The van der Waals surface area contributed by atoms with E-state index in [9.17, 15) is 18.8 Å². The van der Waals surface area contributed by atoms with Gasteiger partial charge in [0.05, 0.1) is 42.8 Å². The molecule has 4 saturated heterocycles. The second-order valence-corrected chi connectivity index (χ2v) is 17.2. The lowest BCUT2D eigenvalue weighted by molar-refractivity contribution is -0.136. The van der Waals surface area contributed by atoms with Crippen LogP contribution in [-0.2, 0) is 27.3 Å². The summed E-state index contributed by atoms with van der Waals surface area (Å²) in [6, 6.07) is 27.8. The van der Waals surface area contributed by atoms with Gasteiger partial charge in [0.15, 0.2) is 0 Å². The number of fused-ring (bicyclic) bond motifs is 6. The number of ether oxygens (including phenoxy) is 3. The van der Waals surface area contributed by atoms with Crippen LogP contribution < -0.4 is 24.6 Å². The Bertz CT molecular complexity index is 2210. The van der Waals surface area contributed by atoms with Gasteiger partial charge in [-0.25, -0.2) is 4.39 Å². The number of hydrogen-bond donors (Lipinski definition) is 2. The molecule has 0 aromatic heterocycles. The average molecular weight is 832 g/mol. The maximum Gasteiger partial charge on any atom is 0.255 e. The summed E-state index contributed by atoms with van der Waals surface area (Å²) in [6.07, 6.45) is 5.62. The number of hydrogen-bond acceptors (Lipinski definition) is 10. The molecule has 61 heavy (non-hydrogen) atoms. The summed E-state index contributed by atoms with van der Waals surface area (Å²) in [5.74, 6) is 1.33. The minimum Gasteiger partial charge on any atom is -0.508 e. The lowest BCUT2D eigenvalue weighted by Gasteiger charge is -2.46. The van der Waals surface area contributed by atoms with Crippen LogP contribution in [0.15, 0.2) is 91.0 Å². The summed E-state index contributed by atoms with van der Waals surface area (Å²) in [5, 5.41) is 11.5. The summed E-state index contributed by atoms with van der Waals surface area (Å²) in [7, 11) is 0. The number of para-hydroxylation sites is 1. The first-order chi connectivity index (χ1) is 29.7. The van der Waals surface area contributed by atoms with E-state index in [0.717, 1.165) is 107 Å². The number of amides is 3. The number of phenolic OH excluding ortho intramolecular Hbond substituents is 1. The number of piperidine rings is 2. The zero-order valence-corrected chi connectivity index (χ0v) is 34.5. The molecular formula is C48H54FN5O7. The molecule has 3 amide bonds. The molecule has 0 radical (unpaired) electrons. The maximum atomic E-state index is 14.3. The smallest absolute Gasteiger partial charge is 0.255 e. The van der Waals surface area contributed by atoms with Gasteiger partial charge in [-0.05, 0) is 80.3 Å². The molecule has 7 aliphatic rings. The van der Waals surface area contributed by atoms with E-state index in [2.05, 4.69) is 20.0 Å². The fourth-order valence-electron chi connectivity index (χ4n) is 10.1. The van der Waals surface area contributed by atoms with Gasteiger partial charge < -0.3 is 34.0 Å². The average Bonchev–Trinajstić information content (AvgIpc) is 3.84. The number of anilines is 2. The predicted octanol–water partition coefficient (Wildman–Crippen LogP) is 5.95. The maximum absolute atomic E-state index is 14.3. The molecule has 11 rings (SSSR count). The van der Waals surface area contributed by atoms with E-state index in [4.69, 9.17) is 19.3 Å². The molecule has 7 aliphatic heterocycles. The van der Waals surface area contributed by atoms with Crippen LogP contribution in [-0.4, -0.2) is 109 Å². The van der Waals surface area contributed by atoms with Crippen LogP contribution >= 0.6 is 0 Å². The third kappa shape index (κ3) is 8.76. The Balaban J connectivity index is 0.000000231. The van der Waals surface area contributed by atoms with Gasteiger partial charge in [-0.2, -0.15) is 0 Å². The normalized spacial score (nSPS) is 23.8. The summed E-state index contributed by atoms with van der Waals surface area (Å²) >= 11 is 0. The molecule has 3 atom stereocenters. The van der Waals surface area contributed by atoms with Crippen molar-refractivity contribution in [2.45, 2.75) is 69.2 Å². The van der Waals surface area contributed by atoms with Crippen molar-refractivity contribution in [3.63, 3.8) is 0 Å². The van der Waals surface area contributed by atoms with E-state index in [1.165, 1.54) is 11.6 Å². The third-order valence-corrected chi connectivity index (χ3v) is 13.2. The van der Waals surface area contributed by atoms with Gasteiger partial charge in [0.1, 0.15) is 35.7 Å². The first kappa shape index (κ1) is 40.7. The van der Waals surface area contributed by atoms with Gasteiger partial charge in [0.25, 0.3) is 5.91 Å². The molecule has 1 spiro atoms. The van der Waals surface area contributed by atoms with Crippen molar-refractivity contribution < 1.29 is 38.1 Å². The van der Waals surface area contributed by atoms with E-state index in [1.54, 1.807) is 23.1 Å². The molecule has 0 saturated carbocycles.